The Labute approximate surface area is 82.3 Å². The van der Waals surface area contributed by atoms with Gasteiger partial charge in [-0.2, -0.15) is 12.2 Å². The van der Waals surface area contributed by atoms with Gasteiger partial charge in [-0.1, -0.05) is 6.92 Å². The Morgan fingerprint density at radius 2 is 2.00 bits per heavy atom. The van der Waals surface area contributed by atoms with E-state index in [1.165, 1.54) is 0 Å². The summed E-state index contributed by atoms with van der Waals surface area (Å²) in [6.45, 7) is 1.73. The third-order valence-electron chi connectivity index (χ3n) is 0.550. The molecule has 0 radical (unpaired) electrons. The normalized spacial score (nSPS) is 10.4. The van der Waals surface area contributed by atoms with Crippen LogP contribution in [0.25, 0.3) is 0 Å². The van der Waals surface area contributed by atoms with Gasteiger partial charge in [-0.3, -0.25) is 0 Å². The molecule has 0 aliphatic carbocycles. The molecular weight excluding hydrogens is 175 g/mol. The number of hydrogen-bond acceptors (Lipinski definition) is 3. The van der Waals surface area contributed by atoms with Crippen molar-refractivity contribution in [2.24, 2.45) is 0 Å². The van der Waals surface area contributed by atoms with Crippen LogP contribution in [0.2, 0.25) is 0 Å². The fourth-order valence-corrected chi connectivity index (χ4v) is 1.03. The second kappa shape index (κ2) is 5.95. The first-order valence-electron chi connectivity index (χ1n) is 2.15. The SMILES string of the molecule is CCCS(=O)(=O)OCl.[NaH]. The summed E-state index contributed by atoms with van der Waals surface area (Å²) in [6.07, 6.45) is 0.523. The first-order valence-corrected chi connectivity index (χ1v) is 4.04. The van der Waals surface area contributed by atoms with Gasteiger partial charge < -0.3 is 0 Å². The predicted molar refractivity (Wildman–Crippen MR) is 38.2 cm³/mol. The molecule has 0 spiro atoms. The van der Waals surface area contributed by atoms with E-state index >= 15 is 0 Å². The number of hydrogen-bond donors (Lipinski definition) is 0. The van der Waals surface area contributed by atoms with Crippen LogP contribution < -0.4 is 0 Å². The molecule has 0 aromatic carbocycles. The Bertz CT molecular complexity index is 143. The van der Waals surface area contributed by atoms with Crippen LogP contribution in [0.1, 0.15) is 13.3 Å². The van der Waals surface area contributed by atoms with Gasteiger partial charge in [-0.15, -0.1) is 0 Å². The van der Waals surface area contributed by atoms with E-state index < -0.39 is 10.1 Å². The van der Waals surface area contributed by atoms with E-state index in [9.17, 15) is 8.42 Å². The molecule has 0 aliphatic rings. The zero-order valence-electron chi connectivity index (χ0n) is 4.43. The van der Waals surface area contributed by atoms with Crippen molar-refractivity contribution in [2.45, 2.75) is 13.3 Å². The van der Waals surface area contributed by atoms with E-state index in [4.69, 9.17) is 0 Å². The molecule has 0 aliphatic heterocycles. The van der Waals surface area contributed by atoms with Crippen LogP contribution in [0.15, 0.2) is 0 Å². The average Bonchev–Trinajstić information content (AvgIpc) is 1.67. The van der Waals surface area contributed by atoms with Gasteiger partial charge in [0.2, 0.25) is 0 Å². The second-order valence-electron chi connectivity index (χ2n) is 1.32. The van der Waals surface area contributed by atoms with Gasteiger partial charge in [0.1, 0.15) is 0 Å². The maximum absolute atomic E-state index is 10.2. The predicted octanol–water partition coefficient (Wildman–Crippen LogP) is 0.248. The van der Waals surface area contributed by atoms with Crippen LogP contribution in [0, 0.1) is 0 Å². The molecule has 0 saturated carbocycles. The van der Waals surface area contributed by atoms with Crippen molar-refractivity contribution in [3.05, 3.63) is 0 Å². The molecular formula is C3H8ClNaO3S. The monoisotopic (exact) mass is 182 g/mol. The van der Waals surface area contributed by atoms with E-state index in [0.717, 1.165) is 0 Å². The van der Waals surface area contributed by atoms with Crippen LogP contribution in [0.5, 0.6) is 0 Å². The van der Waals surface area contributed by atoms with Crippen molar-refractivity contribution in [1.29, 1.82) is 0 Å². The fraction of sp³-hybridized carbons (Fsp3) is 1.00. The van der Waals surface area contributed by atoms with Crippen LogP contribution in [0.3, 0.4) is 0 Å². The summed E-state index contributed by atoms with van der Waals surface area (Å²) in [4.78, 5) is 0. The topological polar surface area (TPSA) is 43.4 Å². The summed E-state index contributed by atoms with van der Waals surface area (Å²) < 4.78 is 24.1. The zero-order valence-corrected chi connectivity index (χ0v) is 6.00. The van der Waals surface area contributed by atoms with Gasteiger partial charge in [0, 0.05) is 0 Å². The van der Waals surface area contributed by atoms with E-state index in [1.54, 1.807) is 6.92 Å². The molecule has 0 N–H and O–H groups in total. The molecule has 3 nitrogen and oxygen atoms in total. The molecule has 0 bridgehead atoms. The van der Waals surface area contributed by atoms with Crippen molar-refractivity contribution < 1.29 is 12.2 Å². The molecule has 0 amide bonds. The van der Waals surface area contributed by atoms with Crippen LogP contribution in [0.4, 0.5) is 0 Å². The standard InChI is InChI=1S/C3H7ClO3S.Na.H/c1-2-3-8(5,6)7-4;;/h2-3H2,1H3;;. The molecule has 0 fully saturated rings. The molecule has 0 rings (SSSR count). The van der Waals surface area contributed by atoms with Gasteiger partial charge in [0.15, 0.2) is 0 Å². The molecule has 0 saturated heterocycles. The van der Waals surface area contributed by atoms with E-state index in [2.05, 4.69) is 15.6 Å². The molecule has 0 unspecified atom stereocenters. The summed E-state index contributed by atoms with van der Waals surface area (Å²) in [7, 11) is -3.40. The minimum absolute atomic E-state index is 0. The molecule has 0 aromatic heterocycles. The number of halogens is 1. The Morgan fingerprint density at radius 1 is 1.56 bits per heavy atom. The molecule has 52 valence electrons. The first-order chi connectivity index (χ1) is 3.62. The van der Waals surface area contributed by atoms with Gasteiger partial charge in [-0.25, -0.2) is 0 Å². The van der Waals surface area contributed by atoms with Crippen LogP contribution in [-0.4, -0.2) is 43.7 Å². The van der Waals surface area contributed by atoms with Gasteiger partial charge >= 0.3 is 29.6 Å². The summed E-state index contributed by atoms with van der Waals surface area (Å²) in [6, 6.07) is 0. The van der Waals surface area contributed by atoms with Crippen molar-refractivity contribution >= 4 is 51.5 Å². The fourth-order valence-electron chi connectivity index (χ4n) is 0.281. The third kappa shape index (κ3) is 7.09. The van der Waals surface area contributed by atoms with Gasteiger partial charge in [0.25, 0.3) is 10.1 Å². The Kier molecular flexibility index (Phi) is 8.48. The van der Waals surface area contributed by atoms with Crippen molar-refractivity contribution in [1.82, 2.24) is 0 Å². The Morgan fingerprint density at radius 3 is 2.11 bits per heavy atom. The molecule has 0 heterocycles. The Hall–Kier alpha value is 1.20. The van der Waals surface area contributed by atoms with E-state index in [1.807, 2.05) is 0 Å². The van der Waals surface area contributed by atoms with Crippen molar-refractivity contribution in [2.75, 3.05) is 5.75 Å². The molecule has 6 heteroatoms. The number of rotatable bonds is 3. The zero-order chi connectivity index (χ0) is 6.62. The molecule has 9 heavy (non-hydrogen) atoms. The quantitative estimate of drug-likeness (QED) is 0.588. The van der Waals surface area contributed by atoms with Gasteiger partial charge in [-0.05, 0) is 6.42 Å². The third-order valence-corrected chi connectivity index (χ3v) is 2.23. The van der Waals surface area contributed by atoms with Crippen LogP contribution in [-0.2, 0) is 13.9 Å². The van der Waals surface area contributed by atoms with E-state index in [0.29, 0.717) is 6.42 Å². The Balaban J connectivity index is 0. The van der Waals surface area contributed by atoms with Crippen molar-refractivity contribution in [3.63, 3.8) is 0 Å². The first kappa shape index (κ1) is 12.8. The van der Waals surface area contributed by atoms with Gasteiger partial charge in [0.05, 0.1) is 17.6 Å². The summed E-state index contributed by atoms with van der Waals surface area (Å²) in [5, 5.41) is 0. The summed E-state index contributed by atoms with van der Waals surface area (Å²) in [5.41, 5.74) is 0. The maximum atomic E-state index is 10.2. The van der Waals surface area contributed by atoms with Crippen molar-refractivity contribution in [3.8, 4) is 0 Å². The summed E-state index contributed by atoms with van der Waals surface area (Å²) >= 11 is 4.58. The van der Waals surface area contributed by atoms with E-state index in [-0.39, 0.29) is 35.3 Å². The minimum atomic E-state index is -3.40. The summed E-state index contributed by atoms with van der Waals surface area (Å²) in [5.74, 6) is -0.0174. The molecule has 0 atom stereocenters. The molecule has 0 aromatic rings. The average molecular weight is 183 g/mol. The van der Waals surface area contributed by atoms with Crippen LogP contribution >= 0.6 is 11.9 Å². The second-order valence-corrected chi connectivity index (χ2v) is 3.35.